The molecule has 0 saturated carbocycles. The number of benzene rings is 1. The van der Waals surface area contributed by atoms with E-state index in [0.29, 0.717) is 0 Å². The molecule has 0 atom stereocenters. The zero-order valence-corrected chi connectivity index (χ0v) is 5.82. The highest BCUT2D eigenvalue weighted by atomic mass is 16.3. The first-order chi connectivity index (χ1) is 5.36. The molecular formula is C9H6NO. The molecule has 0 amide bonds. The molecule has 2 nitrogen and oxygen atoms in total. The number of fused-ring (bicyclic) bond motifs is 1. The molecule has 2 rings (SSSR count). The predicted molar refractivity (Wildman–Crippen MR) is 41.9 cm³/mol. The van der Waals surface area contributed by atoms with Gasteiger partial charge in [-0.15, -0.1) is 0 Å². The molecule has 0 aliphatic heterocycles. The van der Waals surface area contributed by atoms with Crippen molar-refractivity contribution in [3.05, 3.63) is 36.5 Å². The molecule has 11 heavy (non-hydrogen) atoms. The number of para-hydroxylation sites is 1. The van der Waals surface area contributed by atoms with Crippen molar-refractivity contribution in [2.75, 3.05) is 0 Å². The lowest BCUT2D eigenvalue weighted by Crippen LogP contribution is -1.75. The van der Waals surface area contributed by atoms with Gasteiger partial charge in [0.15, 0.2) is 5.75 Å². The summed E-state index contributed by atoms with van der Waals surface area (Å²) in [5.41, 5.74) is 0.868. The molecule has 1 heterocycles. The third-order valence-electron chi connectivity index (χ3n) is 1.57. The summed E-state index contributed by atoms with van der Waals surface area (Å²) >= 11 is 0. The third-order valence-corrected chi connectivity index (χ3v) is 1.57. The molecule has 0 bridgehead atoms. The molecule has 1 aromatic heterocycles. The van der Waals surface area contributed by atoms with Crippen LogP contribution in [0.3, 0.4) is 0 Å². The van der Waals surface area contributed by atoms with E-state index in [-0.39, 0.29) is 5.75 Å². The van der Waals surface area contributed by atoms with Crippen LogP contribution in [0.25, 0.3) is 10.9 Å². The maximum absolute atomic E-state index is 10.8. The predicted octanol–water partition coefficient (Wildman–Crippen LogP) is 2.38. The zero-order valence-electron chi connectivity index (χ0n) is 5.82. The van der Waals surface area contributed by atoms with Crippen molar-refractivity contribution in [1.82, 2.24) is 4.98 Å². The van der Waals surface area contributed by atoms with Crippen LogP contribution in [0, 0.1) is 0 Å². The van der Waals surface area contributed by atoms with Gasteiger partial charge in [0.25, 0.3) is 0 Å². The molecule has 2 heteroatoms. The summed E-state index contributed by atoms with van der Waals surface area (Å²) < 4.78 is 0. The first kappa shape index (κ1) is 6.16. The van der Waals surface area contributed by atoms with E-state index in [9.17, 15) is 5.11 Å². The molecule has 0 spiro atoms. The maximum atomic E-state index is 10.8. The van der Waals surface area contributed by atoms with Crippen LogP contribution in [0.15, 0.2) is 36.5 Å². The standard InChI is InChI=1S/C9H6NO/c11-8-5-7-3-1-2-4-9(7)10-6-8/h1-6H. The van der Waals surface area contributed by atoms with Crippen LogP contribution < -0.4 is 0 Å². The number of hydrogen-bond donors (Lipinski definition) is 0. The number of aromatic nitrogens is 1. The Kier molecular flexibility index (Phi) is 1.25. The molecule has 0 unspecified atom stereocenters. The number of rotatable bonds is 0. The highest BCUT2D eigenvalue weighted by Gasteiger charge is 1.94. The molecule has 1 aromatic carbocycles. The van der Waals surface area contributed by atoms with Crippen molar-refractivity contribution < 1.29 is 5.11 Å². The second kappa shape index (κ2) is 2.23. The van der Waals surface area contributed by atoms with E-state index < -0.39 is 0 Å². The fraction of sp³-hybridized carbons (Fsp3) is 0. The molecule has 0 saturated heterocycles. The lowest BCUT2D eigenvalue weighted by molar-refractivity contribution is 0.354. The Morgan fingerprint density at radius 3 is 2.91 bits per heavy atom. The lowest BCUT2D eigenvalue weighted by Gasteiger charge is -1.93. The monoisotopic (exact) mass is 144 g/mol. The molecule has 0 N–H and O–H groups in total. The Morgan fingerprint density at radius 1 is 1.18 bits per heavy atom. The van der Waals surface area contributed by atoms with Crippen LogP contribution in [0.1, 0.15) is 0 Å². The van der Waals surface area contributed by atoms with Gasteiger partial charge in [-0.3, -0.25) is 10.1 Å². The van der Waals surface area contributed by atoms with Gasteiger partial charge in [0.2, 0.25) is 0 Å². The average Bonchev–Trinajstić information content (AvgIpc) is 2.04. The molecule has 0 fully saturated rings. The number of nitrogens with zero attached hydrogens (tertiary/aromatic N) is 1. The van der Waals surface area contributed by atoms with Crippen molar-refractivity contribution in [1.29, 1.82) is 0 Å². The fourth-order valence-electron chi connectivity index (χ4n) is 1.05. The second-order valence-corrected chi connectivity index (χ2v) is 2.36. The molecule has 0 aliphatic rings. The summed E-state index contributed by atoms with van der Waals surface area (Å²) in [5, 5.41) is 11.7. The van der Waals surface area contributed by atoms with Crippen LogP contribution in [-0.2, 0) is 5.11 Å². The maximum Gasteiger partial charge on any atom is 0.197 e. The van der Waals surface area contributed by atoms with E-state index in [0.717, 1.165) is 10.9 Å². The van der Waals surface area contributed by atoms with Crippen LogP contribution in [-0.4, -0.2) is 4.98 Å². The first-order valence-electron chi connectivity index (χ1n) is 3.38. The average molecular weight is 144 g/mol. The quantitative estimate of drug-likeness (QED) is 0.558. The Bertz CT molecular complexity index is 384. The highest BCUT2D eigenvalue weighted by Crippen LogP contribution is 2.16. The topological polar surface area (TPSA) is 32.8 Å². The van der Waals surface area contributed by atoms with Gasteiger partial charge >= 0.3 is 0 Å². The van der Waals surface area contributed by atoms with Crippen molar-refractivity contribution in [2.24, 2.45) is 0 Å². The van der Waals surface area contributed by atoms with Gasteiger partial charge in [-0.25, -0.2) is 0 Å². The third kappa shape index (κ3) is 1.03. The van der Waals surface area contributed by atoms with Crippen molar-refractivity contribution in [3.8, 4) is 5.75 Å². The SMILES string of the molecule is [O]c1cnc2ccccc2c1. The number of hydrogen-bond acceptors (Lipinski definition) is 1. The Labute approximate surface area is 64.1 Å². The minimum atomic E-state index is -0.0382. The summed E-state index contributed by atoms with van der Waals surface area (Å²) in [6, 6.07) is 9.14. The summed E-state index contributed by atoms with van der Waals surface area (Å²) in [5.74, 6) is -0.0382. The smallest absolute Gasteiger partial charge is 0.197 e. The van der Waals surface area contributed by atoms with Gasteiger partial charge in [0.1, 0.15) is 0 Å². The van der Waals surface area contributed by atoms with Crippen LogP contribution in [0.2, 0.25) is 0 Å². The first-order valence-corrected chi connectivity index (χ1v) is 3.38. The minimum absolute atomic E-state index is 0.0382. The number of pyridine rings is 1. The Balaban J connectivity index is 2.83. The molecular weight excluding hydrogens is 138 g/mol. The zero-order chi connectivity index (χ0) is 7.68. The van der Waals surface area contributed by atoms with Crippen molar-refractivity contribution in [3.63, 3.8) is 0 Å². The van der Waals surface area contributed by atoms with E-state index in [4.69, 9.17) is 0 Å². The van der Waals surface area contributed by atoms with Gasteiger partial charge in [0, 0.05) is 5.39 Å². The van der Waals surface area contributed by atoms with E-state index in [1.54, 1.807) is 6.07 Å². The summed E-state index contributed by atoms with van der Waals surface area (Å²) in [6.45, 7) is 0. The summed E-state index contributed by atoms with van der Waals surface area (Å²) in [6.07, 6.45) is 1.34. The fourth-order valence-corrected chi connectivity index (χ4v) is 1.05. The molecule has 0 aliphatic carbocycles. The van der Waals surface area contributed by atoms with Gasteiger partial charge in [-0.1, -0.05) is 18.2 Å². The summed E-state index contributed by atoms with van der Waals surface area (Å²) in [7, 11) is 0. The van der Waals surface area contributed by atoms with E-state index in [1.165, 1.54) is 6.20 Å². The largest absolute Gasteiger partial charge is 0.288 e. The van der Waals surface area contributed by atoms with Crippen LogP contribution >= 0.6 is 0 Å². The molecule has 53 valence electrons. The van der Waals surface area contributed by atoms with Gasteiger partial charge in [-0.2, -0.15) is 0 Å². The van der Waals surface area contributed by atoms with Crippen molar-refractivity contribution >= 4 is 10.9 Å². The van der Waals surface area contributed by atoms with Crippen LogP contribution in [0.4, 0.5) is 0 Å². The normalized spacial score (nSPS) is 10.2. The summed E-state index contributed by atoms with van der Waals surface area (Å²) in [4.78, 5) is 3.97. The highest BCUT2D eigenvalue weighted by molar-refractivity contribution is 5.79. The Hall–Kier alpha value is -1.57. The Morgan fingerprint density at radius 2 is 2.00 bits per heavy atom. The van der Waals surface area contributed by atoms with Crippen LogP contribution in [0.5, 0.6) is 5.75 Å². The lowest BCUT2D eigenvalue weighted by atomic mass is 10.2. The van der Waals surface area contributed by atoms with Gasteiger partial charge in [-0.05, 0) is 12.1 Å². The van der Waals surface area contributed by atoms with E-state index >= 15 is 0 Å². The minimum Gasteiger partial charge on any atom is -0.288 e. The van der Waals surface area contributed by atoms with E-state index in [1.807, 2.05) is 24.3 Å². The molecule has 1 radical (unpaired) electrons. The molecule has 2 aromatic rings. The van der Waals surface area contributed by atoms with Gasteiger partial charge < -0.3 is 0 Å². The van der Waals surface area contributed by atoms with E-state index in [2.05, 4.69) is 4.98 Å². The second-order valence-electron chi connectivity index (χ2n) is 2.36. The van der Waals surface area contributed by atoms with Gasteiger partial charge in [0.05, 0.1) is 11.7 Å². The van der Waals surface area contributed by atoms with Crippen molar-refractivity contribution in [2.45, 2.75) is 0 Å².